The number of aryl methyl sites for hydroxylation is 1. The summed E-state index contributed by atoms with van der Waals surface area (Å²) >= 11 is 5.90. The van der Waals surface area contributed by atoms with E-state index in [0.29, 0.717) is 18.1 Å². The molecule has 2 aromatic rings. The number of rotatable bonds is 6. The Labute approximate surface area is 122 Å². The fraction of sp³-hybridized carbons (Fsp3) is 0.308. The molecular weight excluding hydrogens is 278 g/mol. The summed E-state index contributed by atoms with van der Waals surface area (Å²) in [5.41, 5.74) is 1.71. The van der Waals surface area contributed by atoms with Crippen molar-refractivity contribution in [1.82, 2.24) is 20.3 Å². The number of carbonyl (C=O) groups excluding carboxylic acids is 1. The molecule has 106 valence electrons. The topological polar surface area (TPSA) is 71.8 Å². The molecule has 1 amide bonds. The van der Waals surface area contributed by atoms with Crippen molar-refractivity contribution in [2.75, 3.05) is 18.4 Å². The Morgan fingerprint density at radius 3 is 3.05 bits per heavy atom. The monoisotopic (exact) mass is 293 g/mol. The highest BCUT2D eigenvalue weighted by molar-refractivity contribution is 6.31. The fourth-order valence-corrected chi connectivity index (χ4v) is 1.84. The van der Waals surface area contributed by atoms with Crippen molar-refractivity contribution in [1.29, 1.82) is 0 Å². The fourth-order valence-electron chi connectivity index (χ4n) is 1.67. The minimum Gasteiger partial charge on any atom is -0.325 e. The van der Waals surface area contributed by atoms with Crippen molar-refractivity contribution in [2.24, 2.45) is 0 Å². The molecule has 0 spiro atoms. The normalized spacial score (nSPS) is 10.5. The second-order valence-electron chi connectivity index (χ2n) is 4.35. The predicted molar refractivity (Wildman–Crippen MR) is 77.7 cm³/mol. The quantitative estimate of drug-likeness (QED) is 0.791. The number of halogens is 1. The van der Waals surface area contributed by atoms with Gasteiger partial charge in [0.05, 0.1) is 19.3 Å². The molecular formula is C13H16ClN5O. The number of benzene rings is 1. The molecule has 7 heteroatoms. The van der Waals surface area contributed by atoms with Gasteiger partial charge in [0.25, 0.3) is 0 Å². The highest BCUT2D eigenvalue weighted by atomic mass is 35.5. The van der Waals surface area contributed by atoms with Crippen molar-refractivity contribution in [2.45, 2.75) is 13.5 Å². The van der Waals surface area contributed by atoms with Crippen LogP contribution in [0.1, 0.15) is 5.56 Å². The van der Waals surface area contributed by atoms with Crippen LogP contribution in [0.4, 0.5) is 5.69 Å². The van der Waals surface area contributed by atoms with Crippen molar-refractivity contribution in [3.63, 3.8) is 0 Å². The zero-order chi connectivity index (χ0) is 14.4. The Morgan fingerprint density at radius 2 is 2.30 bits per heavy atom. The van der Waals surface area contributed by atoms with Gasteiger partial charge >= 0.3 is 0 Å². The molecule has 0 aliphatic carbocycles. The van der Waals surface area contributed by atoms with Crippen molar-refractivity contribution in [3.05, 3.63) is 41.2 Å². The number of aromatic nitrogens is 3. The van der Waals surface area contributed by atoms with Gasteiger partial charge in [0, 0.05) is 23.5 Å². The molecule has 0 aliphatic rings. The lowest BCUT2D eigenvalue weighted by Gasteiger charge is -2.09. The number of amides is 1. The Balaban J connectivity index is 1.73. The first-order chi connectivity index (χ1) is 9.65. The summed E-state index contributed by atoms with van der Waals surface area (Å²) in [6.45, 7) is 3.47. The molecule has 0 radical (unpaired) electrons. The lowest BCUT2D eigenvalue weighted by molar-refractivity contribution is -0.115. The molecule has 0 aliphatic heterocycles. The van der Waals surface area contributed by atoms with E-state index in [1.807, 2.05) is 13.0 Å². The van der Waals surface area contributed by atoms with Gasteiger partial charge in [-0.2, -0.15) is 0 Å². The molecule has 0 saturated heterocycles. The van der Waals surface area contributed by atoms with Gasteiger partial charge in [0.1, 0.15) is 0 Å². The van der Waals surface area contributed by atoms with Crippen LogP contribution < -0.4 is 10.6 Å². The van der Waals surface area contributed by atoms with E-state index in [1.165, 1.54) is 0 Å². The summed E-state index contributed by atoms with van der Waals surface area (Å²) in [5, 5.41) is 14.0. The van der Waals surface area contributed by atoms with Gasteiger partial charge in [-0.3, -0.25) is 9.48 Å². The average molecular weight is 294 g/mol. The number of nitrogens with one attached hydrogen (secondary N) is 2. The smallest absolute Gasteiger partial charge is 0.238 e. The van der Waals surface area contributed by atoms with Crippen LogP contribution in [0.2, 0.25) is 5.02 Å². The predicted octanol–water partition coefficient (Wildman–Crippen LogP) is 1.47. The molecule has 1 heterocycles. The first kappa shape index (κ1) is 14.5. The molecule has 0 bridgehead atoms. The second kappa shape index (κ2) is 7.02. The molecule has 0 fully saturated rings. The Bertz CT molecular complexity index is 570. The lowest BCUT2D eigenvalue weighted by atomic mass is 10.2. The molecule has 1 aromatic heterocycles. The highest BCUT2D eigenvalue weighted by Crippen LogP contribution is 2.19. The van der Waals surface area contributed by atoms with Gasteiger partial charge in [-0.15, -0.1) is 5.10 Å². The van der Waals surface area contributed by atoms with Crippen LogP contribution in [0.3, 0.4) is 0 Å². The summed E-state index contributed by atoms with van der Waals surface area (Å²) < 4.78 is 1.70. The van der Waals surface area contributed by atoms with E-state index in [1.54, 1.807) is 29.2 Å². The maximum Gasteiger partial charge on any atom is 0.238 e. The van der Waals surface area contributed by atoms with Crippen molar-refractivity contribution >= 4 is 23.2 Å². The van der Waals surface area contributed by atoms with Gasteiger partial charge in [0.2, 0.25) is 5.91 Å². The Morgan fingerprint density at radius 1 is 1.45 bits per heavy atom. The lowest BCUT2D eigenvalue weighted by Crippen LogP contribution is -2.30. The molecule has 2 rings (SSSR count). The third-order valence-electron chi connectivity index (χ3n) is 2.75. The summed E-state index contributed by atoms with van der Waals surface area (Å²) in [4.78, 5) is 11.8. The van der Waals surface area contributed by atoms with Crippen LogP contribution in [0.5, 0.6) is 0 Å². The van der Waals surface area contributed by atoms with Gasteiger partial charge in [-0.1, -0.05) is 22.9 Å². The van der Waals surface area contributed by atoms with Crippen LogP contribution in [0.15, 0.2) is 30.6 Å². The molecule has 6 nitrogen and oxygen atoms in total. The second-order valence-corrected chi connectivity index (χ2v) is 4.79. The van der Waals surface area contributed by atoms with Gasteiger partial charge in [-0.05, 0) is 24.6 Å². The molecule has 0 unspecified atom stereocenters. The Hall–Kier alpha value is -1.92. The van der Waals surface area contributed by atoms with E-state index >= 15 is 0 Å². The maximum absolute atomic E-state index is 11.8. The number of nitrogens with zero attached hydrogens (tertiary/aromatic N) is 3. The first-order valence-corrected chi connectivity index (χ1v) is 6.64. The van der Waals surface area contributed by atoms with E-state index in [4.69, 9.17) is 11.6 Å². The number of hydrogen-bond acceptors (Lipinski definition) is 4. The Kier molecular flexibility index (Phi) is 5.09. The van der Waals surface area contributed by atoms with Crippen LogP contribution in [0, 0.1) is 6.92 Å². The van der Waals surface area contributed by atoms with E-state index in [0.717, 1.165) is 11.3 Å². The summed E-state index contributed by atoms with van der Waals surface area (Å²) in [6.07, 6.45) is 3.39. The minimum atomic E-state index is -0.103. The summed E-state index contributed by atoms with van der Waals surface area (Å²) in [5.74, 6) is -0.103. The highest BCUT2D eigenvalue weighted by Gasteiger charge is 2.05. The zero-order valence-corrected chi connectivity index (χ0v) is 11.9. The minimum absolute atomic E-state index is 0.103. The molecule has 0 saturated carbocycles. The van der Waals surface area contributed by atoms with Gasteiger partial charge < -0.3 is 10.6 Å². The maximum atomic E-state index is 11.8. The standard InChI is InChI=1S/C13H16ClN5O/c1-10-2-3-11(14)8-12(10)17-13(20)9-15-4-6-19-7-5-16-18-19/h2-3,5,7-8,15H,4,6,9H2,1H3,(H,17,20). The third kappa shape index (κ3) is 4.32. The molecule has 2 N–H and O–H groups in total. The third-order valence-corrected chi connectivity index (χ3v) is 2.98. The number of carbonyl (C=O) groups is 1. The van der Waals surface area contributed by atoms with Gasteiger partial charge in [-0.25, -0.2) is 0 Å². The van der Waals surface area contributed by atoms with Crippen LogP contribution >= 0.6 is 11.6 Å². The van der Waals surface area contributed by atoms with Crippen molar-refractivity contribution < 1.29 is 4.79 Å². The van der Waals surface area contributed by atoms with Crippen LogP contribution in [0.25, 0.3) is 0 Å². The number of anilines is 1. The van der Waals surface area contributed by atoms with Crippen molar-refractivity contribution in [3.8, 4) is 0 Å². The largest absolute Gasteiger partial charge is 0.325 e. The first-order valence-electron chi connectivity index (χ1n) is 6.26. The molecule has 20 heavy (non-hydrogen) atoms. The summed E-state index contributed by atoms with van der Waals surface area (Å²) in [6, 6.07) is 5.41. The number of hydrogen-bond donors (Lipinski definition) is 2. The van der Waals surface area contributed by atoms with E-state index in [2.05, 4.69) is 20.9 Å². The van der Waals surface area contributed by atoms with E-state index in [9.17, 15) is 4.79 Å². The van der Waals surface area contributed by atoms with Crippen LogP contribution in [-0.4, -0.2) is 34.0 Å². The van der Waals surface area contributed by atoms with E-state index in [-0.39, 0.29) is 12.5 Å². The molecule has 1 aromatic carbocycles. The summed E-state index contributed by atoms with van der Waals surface area (Å²) in [7, 11) is 0. The molecule has 0 atom stereocenters. The SMILES string of the molecule is Cc1ccc(Cl)cc1NC(=O)CNCCn1ccnn1. The van der Waals surface area contributed by atoms with Gasteiger partial charge in [0.15, 0.2) is 0 Å². The van der Waals surface area contributed by atoms with Crippen LogP contribution in [-0.2, 0) is 11.3 Å². The zero-order valence-electron chi connectivity index (χ0n) is 11.1. The van der Waals surface area contributed by atoms with E-state index < -0.39 is 0 Å². The average Bonchev–Trinajstić information content (AvgIpc) is 2.92.